The normalized spacial score (nSPS) is 12.5. The van der Waals surface area contributed by atoms with Gasteiger partial charge in [0.25, 0.3) is 0 Å². The summed E-state index contributed by atoms with van der Waals surface area (Å²) in [5.74, 6) is 0.489. The molecule has 0 N–H and O–H groups in total. The van der Waals surface area contributed by atoms with Gasteiger partial charge in [0.2, 0.25) is 0 Å². The number of rotatable bonds is 6. The fourth-order valence-electron chi connectivity index (χ4n) is 3.49. The number of hydrogen-bond donors (Lipinski definition) is 0. The largest absolute Gasteiger partial charge is 0.425 e. The van der Waals surface area contributed by atoms with Crippen molar-refractivity contribution in [3.8, 4) is 23.0 Å². The molecule has 0 aliphatic rings. The van der Waals surface area contributed by atoms with Gasteiger partial charge in [-0.15, -0.1) is 0 Å². The summed E-state index contributed by atoms with van der Waals surface area (Å²) in [5, 5.41) is 4.57. The van der Waals surface area contributed by atoms with Crippen LogP contribution in [-0.2, 0) is 13.3 Å². The van der Waals surface area contributed by atoms with E-state index in [-0.39, 0.29) is 12.6 Å². The summed E-state index contributed by atoms with van der Waals surface area (Å²) in [6.45, 7) is 0.843. The average molecular weight is 420 g/mol. The number of nitrogens with zero attached hydrogens (tertiary/aromatic N) is 6. The molecule has 5 rings (SSSR count). The Hall–Kier alpha value is -3.88. The van der Waals surface area contributed by atoms with Crippen LogP contribution in [0.1, 0.15) is 6.92 Å². The van der Waals surface area contributed by atoms with Gasteiger partial charge in [0.15, 0.2) is 12.4 Å². The highest BCUT2D eigenvalue weighted by Crippen LogP contribution is 2.30. The molecule has 0 aliphatic carbocycles. The van der Waals surface area contributed by atoms with Crippen molar-refractivity contribution in [2.24, 2.45) is 0 Å². The van der Waals surface area contributed by atoms with Gasteiger partial charge in [0, 0.05) is 18.0 Å². The number of aromatic nitrogens is 6. The van der Waals surface area contributed by atoms with Gasteiger partial charge >= 0.3 is 6.01 Å². The van der Waals surface area contributed by atoms with E-state index in [0.717, 1.165) is 11.1 Å². The van der Waals surface area contributed by atoms with Crippen molar-refractivity contribution in [3.63, 3.8) is 0 Å². The van der Waals surface area contributed by atoms with Crippen molar-refractivity contribution < 1.29 is 13.5 Å². The van der Waals surface area contributed by atoms with E-state index < -0.39 is 13.0 Å². The second kappa shape index (κ2) is 7.75. The number of hydrogen-bond acceptors (Lipinski definition) is 5. The lowest BCUT2D eigenvalue weighted by atomic mass is 10.1. The molecule has 0 bridgehead atoms. The summed E-state index contributed by atoms with van der Waals surface area (Å²) in [7, 11) is 0. The van der Waals surface area contributed by atoms with Gasteiger partial charge in [0.05, 0.1) is 12.1 Å². The van der Waals surface area contributed by atoms with Gasteiger partial charge in [-0.3, -0.25) is 9.67 Å². The van der Waals surface area contributed by atoms with Crippen LogP contribution in [0.15, 0.2) is 60.9 Å². The molecule has 1 atom stereocenters. The summed E-state index contributed by atoms with van der Waals surface area (Å²) < 4.78 is 35.8. The van der Waals surface area contributed by atoms with Crippen LogP contribution >= 0.6 is 0 Å². The molecule has 0 fully saturated rings. The first-order chi connectivity index (χ1) is 15.1. The van der Waals surface area contributed by atoms with E-state index in [1.165, 1.54) is 11.5 Å². The zero-order valence-electron chi connectivity index (χ0n) is 16.6. The molecule has 4 heterocycles. The molecular weight excluding hydrogens is 402 g/mol. The van der Waals surface area contributed by atoms with Crippen molar-refractivity contribution in [2.75, 3.05) is 0 Å². The zero-order chi connectivity index (χ0) is 21.4. The van der Waals surface area contributed by atoms with Crippen LogP contribution < -0.4 is 4.74 Å². The number of halogens is 2. The number of benzene rings is 1. The third kappa shape index (κ3) is 3.48. The Kier molecular flexibility index (Phi) is 4.78. The van der Waals surface area contributed by atoms with E-state index in [2.05, 4.69) is 20.1 Å². The Bertz CT molecular complexity index is 1360. The lowest BCUT2D eigenvalue weighted by Gasteiger charge is -2.06. The van der Waals surface area contributed by atoms with Crippen molar-refractivity contribution in [2.45, 2.75) is 26.4 Å². The molecule has 7 nitrogen and oxygen atoms in total. The van der Waals surface area contributed by atoms with E-state index >= 15 is 0 Å². The highest BCUT2D eigenvalue weighted by molar-refractivity contribution is 5.89. The lowest BCUT2D eigenvalue weighted by molar-refractivity contribution is 0.313. The maximum atomic E-state index is 13.6. The zero-order valence-corrected chi connectivity index (χ0v) is 16.6. The summed E-state index contributed by atoms with van der Waals surface area (Å²) in [6.07, 6.45) is 2.23. The molecule has 1 aromatic carbocycles. The van der Waals surface area contributed by atoms with Crippen LogP contribution in [0.25, 0.3) is 33.5 Å². The van der Waals surface area contributed by atoms with E-state index in [0.29, 0.717) is 28.1 Å². The fraction of sp³-hybridized carbons (Fsp3) is 0.182. The van der Waals surface area contributed by atoms with Crippen LogP contribution in [0.3, 0.4) is 0 Å². The minimum absolute atomic E-state index is 0.122. The van der Waals surface area contributed by atoms with Crippen molar-refractivity contribution in [1.29, 1.82) is 0 Å². The van der Waals surface area contributed by atoms with Gasteiger partial charge in [-0.05, 0) is 55.5 Å². The smallest absolute Gasteiger partial charge is 0.306 e. The molecule has 1 unspecified atom stereocenters. The molecular formula is C22H18F2N6O. The first-order valence-corrected chi connectivity index (χ1v) is 9.75. The Morgan fingerprint density at radius 3 is 2.58 bits per heavy atom. The van der Waals surface area contributed by atoms with E-state index in [1.807, 2.05) is 18.2 Å². The Morgan fingerprint density at radius 2 is 1.81 bits per heavy atom. The van der Waals surface area contributed by atoms with E-state index in [9.17, 15) is 8.78 Å². The van der Waals surface area contributed by atoms with E-state index in [4.69, 9.17) is 4.74 Å². The second-order valence-electron chi connectivity index (χ2n) is 7.10. The Labute approximate surface area is 175 Å². The third-order valence-corrected chi connectivity index (χ3v) is 4.86. The number of ether oxygens (including phenoxy) is 1. The van der Waals surface area contributed by atoms with Gasteiger partial charge < -0.3 is 4.74 Å². The highest BCUT2D eigenvalue weighted by atomic mass is 19.1. The fourth-order valence-corrected chi connectivity index (χ4v) is 3.49. The minimum atomic E-state index is -1.03. The van der Waals surface area contributed by atoms with Crippen molar-refractivity contribution in [3.05, 3.63) is 60.9 Å². The molecule has 4 aromatic heterocycles. The molecule has 0 radical (unpaired) electrons. The molecule has 0 amide bonds. The first-order valence-electron chi connectivity index (χ1n) is 9.75. The predicted molar refractivity (Wildman–Crippen MR) is 112 cm³/mol. The molecule has 0 saturated heterocycles. The second-order valence-corrected chi connectivity index (χ2v) is 7.10. The quantitative estimate of drug-likeness (QED) is 0.390. The summed E-state index contributed by atoms with van der Waals surface area (Å²) >= 11 is 0. The van der Waals surface area contributed by atoms with Crippen LogP contribution in [0.4, 0.5) is 8.78 Å². The number of imidazole rings is 1. The Balaban J connectivity index is 1.48. The molecule has 156 valence electrons. The van der Waals surface area contributed by atoms with Crippen molar-refractivity contribution in [1.82, 2.24) is 29.3 Å². The van der Waals surface area contributed by atoms with Crippen LogP contribution in [-0.4, -0.2) is 35.5 Å². The number of fused-ring (bicyclic) bond motifs is 2. The van der Waals surface area contributed by atoms with Crippen molar-refractivity contribution >= 4 is 22.2 Å². The predicted octanol–water partition coefficient (Wildman–Crippen LogP) is 4.92. The van der Waals surface area contributed by atoms with E-state index in [1.54, 1.807) is 47.4 Å². The number of pyridine rings is 2. The van der Waals surface area contributed by atoms with Crippen LogP contribution in [0.5, 0.6) is 11.8 Å². The lowest BCUT2D eigenvalue weighted by Crippen LogP contribution is -2.08. The monoisotopic (exact) mass is 420 g/mol. The van der Waals surface area contributed by atoms with Gasteiger partial charge in [-0.2, -0.15) is 10.1 Å². The molecule has 9 heteroatoms. The highest BCUT2D eigenvalue weighted by Gasteiger charge is 2.16. The number of alkyl halides is 2. The maximum Gasteiger partial charge on any atom is 0.306 e. The Morgan fingerprint density at radius 1 is 1.03 bits per heavy atom. The summed E-state index contributed by atoms with van der Waals surface area (Å²) in [6, 6.07) is 14.4. The third-order valence-electron chi connectivity index (χ3n) is 4.86. The summed E-state index contributed by atoms with van der Waals surface area (Å²) in [4.78, 5) is 12.9. The van der Waals surface area contributed by atoms with Crippen LogP contribution in [0, 0.1) is 0 Å². The van der Waals surface area contributed by atoms with Crippen LogP contribution in [0.2, 0.25) is 0 Å². The topological polar surface area (TPSA) is 70.7 Å². The minimum Gasteiger partial charge on any atom is -0.425 e. The van der Waals surface area contributed by atoms with Gasteiger partial charge in [-0.25, -0.2) is 18.3 Å². The first kappa shape index (κ1) is 19.1. The molecule has 31 heavy (non-hydrogen) atoms. The van der Waals surface area contributed by atoms with Gasteiger partial charge in [0.1, 0.15) is 28.6 Å². The molecule has 5 aromatic rings. The SMILES string of the molecule is CC(F)Cn1nc(-c2ccc(Oc3nc4cccnc4n3CF)cc2)c2ncccc21. The summed E-state index contributed by atoms with van der Waals surface area (Å²) in [5.41, 5.74) is 3.90. The average Bonchev–Trinajstić information content (AvgIpc) is 3.32. The van der Waals surface area contributed by atoms with Gasteiger partial charge in [-0.1, -0.05) is 0 Å². The maximum absolute atomic E-state index is 13.6. The molecule has 0 spiro atoms. The molecule has 0 aliphatic heterocycles. The molecule has 0 saturated carbocycles. The standard InChI is InChI=1S/C22H18F2N6O/c1-14(24)12-30-18-5-3-10-25-20(18)19(28-30)15-6-8-16(9-7-15)31-22-27-17-4-2-11-26-21(17)29(22)13-23/h2-11,14H,12-13H2,1H3.